The molecule has 37 heavy (non-hydrogen) atoms. The average molecular weight is 506 g/mol. The second-order valence-corrected chi connectivity index (χ2v) is 9.53. The van der Waals surface area contributed by atoms with Gasteiger partial charge < -0.3 is 14.5 Å². The molecule has 0 atom stereocenters. The largest absolute Gasteiger partial charge is 0.494 e. The minimum Gasteiger partial charge on any atom is -0.494 e. The van der Waals surface area contributed by atoms with Crippen LogP contribution in [0.2, 0.25) is 0 Å². The zero-order valence-electron chi connectivity index (χ0n) is 21.0. The first-order chi connectivity index (χ1) is 17.8. The van der Waals surface area contributed by atoms with Crippen molar-refractivity contribution in [3.05, 3.63) is 48.1 Å². The van der Waals surface area contributed by atoms with Crippen LogP contribution in [0.3, 0.4) is 0 Å². The number of allylic oxidation sites excluding steroid dienone is 1. The molecular formula is C26H28FN7O3. The van der Waals surface area contributed by atoms with Gasteiger partial charge in [0.15, 0.2) is 0 Å². The van der Waals surface area contributed by atoms with Gasteiger partial charge in [0, 0.05) is 36.1 Å². The summed E-state index contributed by atoms with van der Waals surface area (Å²) in [6, 6.07) is 4.08. The zero-order chi connectivity index (χ0) is 26.3. The highest BCUT2D eigenvalue weighted by molar-refractivity contribution is 5.93. The molecule has 0 N–H and O–H groups in total. The molecule has 2 fully saturated rings. The van der Waals surface area contributed by atoms with Crippen LogP contribution in [0.15, 0.2) is 36.8 Å². The van der Waals surface area contributed by atoms with Crippen molar-refractivity contribution in [1.82, 2.24) is 29.2 Å². The van der Waals surface area contributed by atoms with Crippen LogP contribution < -0.4 is 4.74 Å². The summed E-state index contributed by atoms with van der Waals surface area (Å²) in [6.45, 7) is 4.17. The molecule has 0 aliphatic carbocycles. The van der Waals surface area contributed by atoms with Gasteiger partial charge in [-0.1, -0.05) is 6.08 Å². The topological polar surface area (TPSA) is 109 Å². The van der Waals surface area contributed by atoms with E-state index >= 15 is 4.39 Å². The Hall–Kier alpha value is -4.20. The Bertz CT molecular complexity index is 1440. The maximum absolute atomic E-state index is 15.1. The number of piperidine rings is 1. The molecule has 3 aromatic rings. The minimum atomic E-state index is -2.01. The van der Waals surface area contributed by atoms with Gasteiger partial charge in [0.05, 0.1) is 38.6 Å². The number of amides is 2. The Morgan fingerprint density at radius 3 is 2.59 bits per heavy atom. The van der Waals surface area contributed by atoms with Gasteiger partial charge in [0.25, 0.3) is 5.91 Å². The van der Waals surface area contributed by atoms with Crippen LogP contribution in [0, 0.1) is 18.3 Å². The minimum absolute atomic E-state index is 0.0723. The number of nitrogens with zero attached hydrogens (tertiary/aromatic N) is 7. The van der Waals surface area contributed by atoms with Gasteiger partial charge in [-0.05, 0) is 38.8 Å². The number of hydrogen-bond acceptors (Lipinski definition) is 6. The number of carbonyl (C=O) groups is 2. The van der Waals surface area contributed by atoms with Gasteiger partial charge in [-0.2, -0.15) is 15.5 Å². The van der Waals surface area contributed by atoms with Gasteiger partial charge in [-0.15, -0.1) is 0 Å². The SMILES string of the molecule is C/C=C/C(=O)N1CC(F)(C(=O)N2CCC(n3ncc(-c4cc(OC)c5c(C#N)cnn5c4)c3C)CC2)C1. The molecule has 2 amide bonds. The van der Waals surface area contributed by atoms with Gasteiger partial charge >= 0.3 is 0 Å². The van der Waals surface area contributed by atoms with Crippen molar-refractivity contribution < 1.29 is 18.7 Å². The number of alkyl halides is 1. The van der Waals surface area contributed by atoms with Crippen molar-refractivity contribution in [2.24, 2.45) is 0 Å². The number of fused-ring (bicyclic) bond motifs is 1. The zero-order valence-corrected chi connectivity index (χ0v) is 21.0. The van der Waals surface area contributed by atoms with E-state index in [1.54, 1.807) is 35.7 Å². The maximum Gasteiger partial charge on any atom is 0.264 e. The fraction of sp³-hybridized carbons (Fsp3) is 0.423. The summed E-state index contributed by atoms with van der Waals surface area (Å²) < 4.78 is 24.3. The fourth-order valence-electron chi connectivity index (χ4n) is 5.24. The summed E-state index contributed by atoms with van der Waals surface area (Å²) in [6.07, 6.45) is 9.43. The van der Waals surface area contributed by atoms with E-state index in [1.165, 1.54) is 17.2 Å². The second-order valence-electron chi connectivity index (χ2n) is 9.53. The highest BCUT2D eigenvalue weighted by Crippen LogP contribution is 2.35. The van der Waals surface area contributed by atoms with Crippen molar-refractivity contribution in [1.29, 1.82) is 5.26 Å². The van der Waals surface area contributed by atoms with Crippen LogP contribution >= 0.6 is 0 Å². The Labute approximate surface area is 213 Å². The molecule has 5 rings (SSSR count). The molecule has 192 valence electrons. The normalized spacial score (nSPS) is 17.7. The Kier molecular flexibility index (Phi) is 6.19. The molecule has 10 nitrogen and oxygen atoms in total. The molecule has 0 spiro atoms. The quantitative estimate of drug-likeness (QED) is 0.494. The lowest BCUT2D eigenvalue weighted by molar-refractivity contribution is -0.162. The number of ether oxygens (including phenoxy) is 1. The molecule has 0 aromatic carbocycles. The molecule has 2 aliphatic heterocycles. The average Bonchev–Trinajstić information content (AvgIpc) is 3.49. The Morgan fingerprint density at radius 1 is 1.22 bits per heavy atom. The predicted octanol–water partition coefficient (Wildman–Crippen LogP) is 2.68. The third-order valence-corrected chi connectivity index (χ3v) is 7.26. The molecule has 3 aromatic heterocycles. The summed E-state index contributed by atoms with van der Waals surface area (Å²) in [5, 5.41) is 18.3. The van der Waals surface area contributed by atoms with Crippen LogP contribution in [0.4, 0.5) is 4.39 Å². The molecule has 0 radical (unpaired) electrons. The van der Waals surface area contributed by atoms with Crippen LogP contribution in [0.5, 0.6) is 5.75 Å². The van der Waals surface area contributed by atoms with E-state index < -0.39 is 11.6 Å². The number of pyridine rings is 1. The lowest BCUT2D eigenvalue weighted by Crippen LogP contribution is -2.68. The Morgan fingerprint density at radius 2 is 1.95 bits per heavy atom. The smallest absolute Gasteiger partial charge is 0.264 e. The van der Waals surface area contributed by atoms with Gasteiger partial charge in [0.2, 0.25) is 11.6 Å². The first-order valence-corrected chi connectivity index (χ1v) is 12.2. The van der Waals surface area contributed by atoms with Crippen LogP contribution in [-0.2, 0) is 9.59 Å². The number of methoxy groups -OCH3 is 1. The van der Waals surface area contributed by atoms with E-state index in [2.05, 4.69) is 16.3 Å². The second kappa shape index (κ2) is 9.35. The maximum atomic E-state index is 15.1. The van der Waals surface area contributed by atoms with Crippen molar-refractivity contribution >= 4 is 17.3 Å². The summed E-state index contributed by atoms with van der Waals surface area (Å²) in [5.74, 6) is -0.264. The monoisotopic (exact) mass is 505 g/mol. The van der Waals surface area contributed by atoms with E-state index in [9.17, 15) is 14.9 Å². The van der Waals surface area contributed by atoms with Crippen molar-refractivity contribution in [3.63, 3.8) is 0 Å². The van der Waals surface area contributed by atoms with Crippen molar-refractivity contribution in [2.45, 2.75) is 38.4 Å². The van der Waals surface area contributed by atoms with E-state index in [1.807, 2.05) is 23.9 Å². The molecule has 2 aliphatic rings. The number of aromatic nitrogens is 4. The van der Waals surface area contributed by atoms with Crippen molar-refractivity contribution in [2.75, 3.05) is 33.3 Å². The van der Waals surface area contributed by atoms with Crippen LogP contribution in [0.25, 0.3) is 16.6 Å². The van der Waals surface area contributed by atoms with E-state index in [0.29, 0.717) is 42.8 Å². The predicted molar refractivity (Wildman–Crippen MR) is 133 cm³/mol. The Balaban J connectivity index is 1.28. The van der Waals surface area contributed by atoms with Gasteiger partial charge in [-0.25, -0.2) is 8.91 Å². The highest BCUT2D eigenvalue weighted by Gasteiger charge is 2.53. The molecule has 11 heteroatoms. The molecule has 0 saturated carbocycles. The summed E-state index contributed by atoms with van der Waals surface area (Å²) in [4.78, 5) is 27.6. The molecular weight excluding hydrogens is 477 g/mol. The molecule has 2 saturated heterocycles. The lowest BCUT2D eigenvalue weighted by Gasteiger charge is -2.45. The molecule has 0 unspecified atom stereocenters. The number of likely N-dealkylation sites (tertiary alicyclic amines) is 2. The van der Waals surface area contributed by atoms with E-state index in [-0.39, 0.29) is 25.0 Å². The summed E-state index contributed by atoms with van der Waals surface area (Å²) in [5.41, 5.74) is 1.77. The summed E-state index contributed by atoms with van der Waals surface area (Å²) >= 11 is 0. The number of nitriles is 1. The standard InChI is InChI=1S/C26H28FN7O3/c1-4-5-23(35)32-15-26(27,16-32)25(36)31-8-6-20(7-9-31)34-17(2)21(13-30-34)18-10-22(37-3)24-19(11-28)12-29-33(24)14-18/h4-5,10,12-14,20H,6-9,15-16H2,1-3H3/b5-4+. The first-order valence-electron chi connectivity index (χ1n) is 12.2. The molecule has 5 heterocycles. The van der Waals surface area contributed by atoms with Crippen molar-refractivity contribution in [3.8, 4) is 22.9 Å². The van der Waals surface area contributed by atoms with Gasteiger partial charge in [0.1, 0.15) is 22.9 Å². The lowest BCUT2D eigenvalue weighted by atomic mass is 9.92. The number of halogens is 1. The molecule has 0 bridgehead atoms. The summed E-state index contributed by atoms with van der Waals surface area (Å²) in [7, 11) is 1.56. The van der Waals surface area contributed by atoms with Crippen LogP contribution in [-0.4, -0.2) is 80.0 Å². The number of hydrogen-bond donors (Lipinski definition) is 0. The highest BCUT2D eigenvalue weighted by atomic mass is 19.1. The van der Waals surface area contributed by atoms with E-state index in [4.69, 9.17) is 4.74 Å². The number of carbonyl (C=O) groups excluding carboxylic acids is 2. The van der Waals surface area contributed by atoms with Crippen LogP contribution in [0.1, 0.15) is 37.1 Å². The third-order valence-electron chi connectivity index (χ3n) is 7.26. The fourth-order valence-corrected chi connectivity index (χ4v) is 5.24. The van der Waals surface area contributed by atoms with E-state index in [0.717, 1.165) is 16.8 Å². The third kappa shape index (κ3) is 4.12. The van der Waals surface area contributed by atoms with Gasteiger partial charge in [-0.3, -0.25) is 14.3 Å². The number of rotatable bonds is 5. The first kappa shape index (κ1) is 24.5.